The van der Waals surface area contributed by atoms with Crippen LogP contribution in [0.2, 0.25) is 0 Å². The van der Waals surface area contributed by atoms with Gasteiger partial charge in [-0.25, -0.2) is 0 Å². The van der Waals surface area contributed by atoms with Crippen LogP contribution in [0.25, 0.3) is 0 Å². The van der Waals surface area contributed by atoms with Crippen molar-refractivity contribution in [1.29, 1.82) is 0 Å². The highest BCUT2D eigenvalue weighted by molar-refractivity contribution is 5.83. The number of Topliss-reactive ketones (excluding diaryl/α,β-unsaturated/α-hetero) is 1. The Bertz CT molecular complexity index is 190. The Hall–Kier alpha value is -0.330. The first-order valence-electron chi connectivity index (χ1n) is 6.72. The third-order valence-corrected chi connectivity index (χ3v) is 3.95. The molecule has 0 aromatic rings. The molecule has 1 aliphatic carbocycles. The topological polar surface area (TPSA) is 17.1 Å². The molecular weight excluding hydrogens is 184 g/mol. The summed E-state index contributed by atoms with van der Waals surface area (Å²) in [5.74, 6) is 2.18. The van der Waals surface area contributed by atoms with Gasteiger partial charge in [0.15, 0.2) is 0 Å². The van der Waals surface area contributed by atoms with Crippen molar-refractivity contribution >= 4 is 5.78 Å². The number of hydrogen-bond acceptors (Lipinski definition) is 1. The van der Waals surface area contributed by atoms with Gasteiger partial charge in [-0.2, -0.15) is 0 Å². The van der Waals surface area contributed by atoms with Gasteiger partial charge in [0.25, 0.3) is 0 Å². The Morgan fingerprint density at radius 1 is 1.20 bits per heavy atom. The van der Waals surface area contributed by atoms with Crippen LogP contribution in [-0.4, -0.2) is 5.78 Å². The van der Waals surface area contributed by atoms with E-state index in [-0.39, 0.29) is 0 Å². The van der Waals surface area contributed by atoms with E-state index in [2.05, 4.69) is 20.8 Å². The molecule has 88 valence electrons. The monoisotopic (exact) mass is 210 g/mol. The molecule has 0 aromatic carbocycles. The molecule has 1 saturated carbocycles. The zero-order valence-electron chi connectivity index (χ0n) is 10.6. The third-order valence-electron chi connectivity index (χ3n) is 3.95. The van der Waals surface area contributed by atoms with E-state index in [0.717, 1.165) is 38.0 Å². The van der Waals surface area contributed by atoms with Crippen molar-refractivity contribution in [3.05, 3.63) is 0 Å². The molecule has 1 rings (SSSR count). The van der Waals surface area contributed by atoms with Crippen LogP contribution in [0.5, 0.6) is 0 Å². The van der Waals surface area contributed by atoms with Gasteiger partial charge in [0.05, 0.1) is 0 Å². The van der Waals surface area contributed by atoms with E-state index in [1.807, 2.05) is 0 Å². The fourth-order valence-corrected chi connectivity index (χ4v) is 2.77. The smallest absolute Gasteiger partial charge is 0.139 e. The molecule has 0 heterocycles. The van der Waals surface area contributed by atoms with Crippen LogP contribution in [0, 0.1) is 17.8 Å². The number of ketones is 1. The molecule has 1 atom stereocenters. The maximum absolute atomic E-state index is 12.2. The summed E-state index contributed by atoms with van der Waals surface area (Å²) < 4.78 is 0. The van der Waals surface area contributed by atoms with Crippen LogP contribution >= 0.6 is 0 Å². The van der Waals surface area contributed by atoms with Crippen molar-refractivity contribution in [1.82, 2.24) is 0 Å². The van der Waals surface area contributed by atoms with Crippen LogP contribution in [0.15, 0.2) is 0 Å². The van der Waals surface area contributed by atoms with Crippen molar-refractivity contribution in [3.8, 4) is 0 Å². The second-order valence-electron chi connectivity index (χ2n) is 5.25. The molecule has 1 unspecified atom stereocenters. The van der Waals surface area contributed by atoms with Gasteiger partial charge in [-0.3, -0.25) is 4.79 Å². The number of hydrogen-bond donors (Lipinski definition) is 0. The Morgan fingerprint density at radius 3 is 2.27 bits per heavy atom. The first kappa shape index (κ1) is 12.7. The van der Waals surface area contributed by atoms with Gasteiger partial charge >= 0.3 is 0 Å². The highest BCUT2D eigenvalue weighted by Crippen LogP contribution is 2.32. The molecule has 0 aliphatic heterocycles. The van der Waals surface area contributed by atoms with Gasteiger partial charge in [0.2, 0.25) is 0 Å². The van der Waals surface area contributed by atoms with Gasteiger partial charge < -0.3 is 0 Å². The summed E-state index contributed by atoms with van der Waals surface area (Å²) in [6.45, 7) is 6.65. The van der Waals surface area contributed by atoms with E-state index in [4.69, 9.17) is 0 Å². The Morgan fingerprint density at radius 2 is 1.80 bits per heavy atom. The largest absolute Gasteiger partial charge is 0.299 e. The van der Waals surface area contributed by atoms with E-state index in [9.17, 15) is 4.79 Å². The summed E-state index contributed by atoms with van der Waals surface area (Å²) >= 11 is 0. The lowest BCUT2D eigenvalue weighted by molar-refractivity contribution is -0.128. The van der Waals surface area contributed by atoms with Crippen LogP contribution in [0.1, 0.15) is 65.7 Å². The van der Waals surface area contributed by atoms with Crippen molar-refractivity contribution in [2.45, 2.75) is 65.7 Å². The number of carbonyl (C=O) groups is 1. The molecule has 1 nitrogen and oxygen atoms in total. The molecule has 0 amide bonds. The van der Waals surface area contributed by atoms with Gasteiger partial charge in [-0.1, -0.05) is 40.0 Å². The molecule has 1 fully saturated rings. The minimum absolute atomic E-state index is 0.355. The summed E-state index contributed by atoms with van der Waals surface area (Å²) in [5, 5.41) is 0. The molecule has 0 N–H and O–H groups in total. The van der Waals surface area contributed by atoms with Gasteiger partial charge in [-0.05, 0) is 31.6 Å². The molecular formula is C14H26O. The zero-order valence-corrected chi connectivity index (χ0v) is 10.6. The second kappa shape index (κ2) is 6.30. The first-order valence-corrected chi connectivity index (χ1v) is 6.72. The molecule has 1 heteroatoms. The van der Waals surface area contributed by atoms with Gasteiger partial charge in [-0.15, -0.1) is 0 Å². The molecule has 0 saturated heterocycles. The van der Waals surface area contributed by atoms with Crippen LogP contribution in [-0.2, 0) is 4.79 Å². The summed E-state index contributed by atoms with van der Waals surface area (Å²) in [6.07, 6.45) is 8.12. The molecule has 0 bridgehead atoms. The van der Waals surface area contributed by atoms with Crippen molar-refractivity contribution in [2.24, 2.45) is 17.8 Å². The highest BCUT2D eigenvalue weighted by atomic mass is 16.1. The van der Waals surface area contributed by atoms with E-state index in [1.54, 1.807) is 0 Å². The standard InChI is InChI=1S/C14H26O/c1-4-6-12(5-2)14(15)13-9-7-11(3)8-10-13/h11-13H,4-10H2,1-3H3. The van der Waals surface area contributed by atoms with E-state index < -0.39 is 0 Å². The summed E-state index contributed by atoms with van der Waals surface area (Å²) in [4.78, 5) is 12.2. The predicted octanol–water partition coefficient (Wildman–Crippen LogP) is 4.21. The first-order chi connectivity index (χ1) is 7.19. The maximum atomic E-state index is 12.2. The zero-order chi connectivity index (χ0) is 11.3. The lowest BCUT2D eigenvalue weighted by atomic mass is 9.76. The third kappa shape index (κ3) is 3.62. The maximum Gasteiger partial charge on any atom is 0.139 e. The molecule has 0 radical (unpaired) electrons. The van der Waals surface area contributed by atoms with Gasteiger partial charge in [0, 0.05) is 11.8 Å². The fourth-order valence-electron chi connectivity index (χ4n) is 2.77. The Labute approximate surface area is 94.6 Å². The second-order valence-corrected chi connectivity index (χ2v) is 5.25. The van der Waals surface area contributed by atoms with Gasteiger partial charge in [0.1, 0.15) is 5.78 Å². The summed E-state index contributed by atoms with van der Waals surface area (Å²) in [7, 11) is 0. The minimum atomic E-state index is 0.355. The fraction of sp³-hybridized carbons (Fsp3) is 0.929. The van der Waals surface area contributed by atoms with Crippen LogP contribution < -0.4 is 0 Å². The average Bonchev–Trinajstić information content (AvgIpc) is 2.26. The van der Waals surface area contributed by atoms with Crippen molar-refractivity contribution < 1.29 is 4.79 Å². The summed E-state index contributed by atoms with van der Waals surface area (Å²) in [5.41, 5.74) is 0. The summed E-state index contributed by atoms with van der Waals surface area (Å²) in [6, 6.07) is 0. The molecule has 0 spiro atoms. The lowest BCUT2D eigenvalue weighted by Crippen LogP contribution is -2.26. The van der Waals surface area contributed by atoms with Crippen molar-refractivity contribution in [2.75, 3.05) is 0 Å². The predicted molar refractivity (Wildman–Crippen MR) is 64.8 cm³/mol. The Kier molecular flexibility index (Phi) is 5.35. The van der Waals surface area contributed by atoms with Crippen LogP contribution in [0.3, 0.4) is 0 Å². The normalized spacial score (nSPS) is 28.7. The number of carbonyl (C=O) groups excluding carboxylic acids is 1. The highest BCUT2D eigenvalue weighted by Gasteiger charge is 2.28. The quantitative estimate of drug-likeness (QED) is 0.664. The van der Waals surface area contributed by atoms with Crippen molar-refractivity contribution in [3.63, 3.8) is 0 Å². The van der Waals surface area contributed by atoms with E-state index >= 15 is 0 Å². The Balaban J connectivity index is 2.44. The number of rotatable bonds is 5. The molecule has 15 heavy (non-hydrogen) atoms. The lowest BCUT2D eigenvalue weighted by Gasteiger charge is -2.27. The van der Waals surface area contributed by atoms with E-state index in [1.165, 1.54) is 12.8 Å². The van der Waals surface area contributed by atoms with E-state index in [0.29, 0.717) is 17.6 Å². The SMILES string of the molecule is CCCC(CC)C(=O)C1CCC(C)CC1. The average molecular weight is 210 g/mol. The minimum Gasteiger partial charge on any atom is -0.299 e. The molecule has 1 aliphatic rings. The van der Waals surface area contributed by atoms with Crippen LogP contribution in [0.4, 0.5) is 0 Å². The molecule has 0 aromatic heterocycles.